The first kappa shape index (κ1) is 7.56. The van der Waals surface area contributed by atoms with Gasteiger partial charge in [-0.25, -0.2) is 0 Å². The number of aliphatic hydroxyl groups excluding tert-OH is 1. The zero-order valence-corrected chi connectivity index (χ0v) is 5.28. The molecule has 2 N–H and O–H groups in total. The third-order valence-corrected chi connectivity index (χ3v) is 1.40. The molecule has 0 saturated carbocycles. The lowest BCUT2D eigenvalue weighted by molar-refractivity contribution is 0.0850. The van der Waals surface area contributed by atoms with Crippen molar-refractivity contribution in [3.63, 3.8) is 0 Å². The highest BCUT2D eigenvalue weighted by atomic mass is 35.5. The zero-order valence-electron chi connectivity index (χ0n) is 3.63. The molecule has 0 heterocycles. The number of halogens is 1. The van der Waals surface area contributed by atoms with Crippen molar-refractivity contribution in [1.29, 1.82) is 0 Å². The van der Waals surface area contributed by atoms with Crippen LogP contribution in [0.1, 0.15) is 0 Å². The molecule has 0 aromatic rings. The van der Waals surface area contributed by atoms with Gasteiger partial charge in [-0.2, -0.15) is 0 Å². The van der Waals surface area contributed by atoms with Crippen molar-refractivity contribution in [2.75, 3.05) is 12.5 Å². The van der Waals surface area contributed by atoms with Crippen molar-refractivity contribution < 1.29 is 10.2 Å². The lowest BCUT2D eigenvalue weighted by Crippen LogP contribution is -2.27. The fourth-order valence-electron chi connectivity index (χ4n) is 0.0423. The number of aliphatic hydroxyl groups is 2. The van der Waals surface area contributed by atoms with E-state index in [9.17, 15) is 0 Å². The molecular formula is C3H7ClO2S. The Morgan fingerprint density at radius 1 is 1.71 bits per heavy atom. The van der Waals surface area contributed by atoms with Gasteiger partial charge in [0.15, 0.2) is 0 Å². The van der Waals surface area contributed by atoms with E-state index in [0.29, 0.717) is 0 Å². The Balaban J connectivity index is 3.36. The Bertz CT molecular complexity index is 50.9. The highest BCUT2D eigenvalue weighted by Gasteiger charge is 2.17. The van der Waals surface area contributed by atoms with E-state index in [1.807, 2.05) is 0 Å². The van der Waals surface area contributed by atoms with Crippen LogP contribution in [0.4, 0.5) is 0 Å². The first-order valence-electron chi connectivity index (χ1n) is 1.74. The predicted octanol–water partition coefficient (Wildman–Crippen LogP) is -0.164. The maximum atomic E-state index is 8.61. The standard InChI is InChI=1S/C3H7ClO2S/c4-1-3(6,7)2-5/h5-7H,1-2H2. The summed E-state index contributed by atoms with van der Waals surface area (Å²) < 4.78 is 0. The van der Waals surface area contributed by atoms with Gasteiger partial charge >= 0.3 is 0 Å². The largest absolute Gasteiger partial charge is 0.392 e. The van der Waals surface area contributed by atoms with Gasteiger partial charge in [0.2, 0.25) is 0 Å². The summed E-state index contributed by atoms with van der Waals surface area (Å²) in [5.41, 5.74) is 0. The zero-order chi connectivity index (χ0) is 5.91. The third kappa shape index (κ3) is 3.17. The average Bonchev–Trinajstić information content (AvgIpc) is 1.68. The molecule has 0 saturated heterocycles. The second-order valence-electron chi connectivity index (χ2n) is 1.27. The molecule has 7 heavy (non-hydrogen) atoms. The van der Waals surface area contributed by atoms with Crippen LogP contribution in [-0.4, -0.2) is 27.6 Å². The fourth-order valence-corrected chi connectivity index (χ4v) is 0.127. The molecule has 0 aromatic heterocycles. The summed E-state index contributed by atoms with van der Waals surface area (Å²) in [7, 11) is 0. The van der Waals surface area contributed by atoms with E-state index >= 15 is 0 Å². The third-order valence-electron chi connectivity index (χ3n) is 0.467. The molecule has 0 rings (SSSR count). The number of alkyl halides is 1. The van der Waals surface area contributed by atoms with Crippen LogP contribution in [0.3, 0.4) is 0 Å². The molecule has 1 atom stereocenters. The molecule has 0 fully saturated rings. The van der Waals surface area contributed by atoms with Gasteiger partial charge < -0.3 is 10.2 Å². The molecular weight excluding hydrogens is 136 g/mol. The van der Waals surface area contributed by atoms with Crippen molar-refractivity contribution in [2.45, 2.75) is 4.93 Å². The van der Waals surface area contributed by atoms with Crippen molar-refractivity contribution in [3.8, 4) is 0 Å². The summed E-state index contributed by atoms with van der Waals surface area (Å²) >= 11 is 8.67. The normalized spacial score (nSPS) is 18.9. The lowest BCUT2D eigenvalue weighted by Gasteiger charge is -2.13. The van der Waals surface area contributed by atoms with Crippen molar-refractivity contribution in [1.82, 2.24) is 0 Å². The highest BCUT2D eigenvalue weighted by Crippen LogP contribution is 2.09. The van der Waals surface area contributed by atoms with Gasteiger partial charge in [0.1, 0.15) is 4.93 Å². The topological polar surface area (TPSA) is 40.5 Å². The summed E-state index contributed by atoms with van der Waals surface area (Å²) in [5.74, 6) is -0.0629. The monoisotopic (exact) mass is 142 g/mol. The van der Waals surface area contributed by atoms with Gasteiger partial charge in [-0.05, 0) is 0 Å². The number of hydrogen-bond acceptors (Lipinski definition) is 3. The molecule has 0 aliphatic heterocycles. The van der Waals surface area contributed by atoms with Gasteiger partial charge in [-0.3, -0.25) is 0 Å². The van der Waals surface area contributed by atoms with Gasteiger partial charge in [0.05, 0.1) is 12.5 Å². The number of thiol groups is 1. The average molecular weight is 143 g/mol. The van der Waals surface area contributed by atoms with E-state index in [-0.39, 0.29) is 5.88 Å². The smallest absolute Gasteiger partial charge is 0.144 e. The number of rotatable bonds is 2. The van der Waals surface area contributed by atoms with Gasteiger partial charge in [0.25, 0.3) is 0 Å². The summed E-state index contributed by atoms with van der Waals surface area (Å²) in [6.07, 6.45) is 0. The summed E-state index contributed by atoms with van der Waals surface area (Å²) in [6.45, 7) is -0.417. The Labute approximate surface area is 52.5 Å². The van der Waals surface area contributed by atoms with E-state index in [2.05, 4.69) is 12.6 Å². The van der Waals surface area contributed by atoms with Crippen LogP contribution in [0.5, 0.6) is 0 Å². The fraction of sp³-hybridized carbons (Fsp3) is 1.00. The molecule has 0 aliphatic carbocycles. The molecule has 2 nitrogen and oxygen atoms in total. The minimum atomic E-state index is -1.40. The molecule has 0 radical (unpaired) electrons. The van der Waals surface area contributed by atoms with Crippen LogP contribution < -0.4 is 0 Å². The molecule has 0 aliphatic rings. The Hall–Kier alpha value is 0.560. The Morgan fingerprint density at radius 3 is 2.14 bits per heavy atom. The van der Waals surface area contributed by atoms with Crippen LogP contribution >= 0.6 is 24.2 Å². The predicted molar refractivity (Wildman–Crippen MR) is 31.7 cm³/mol. The summed E-state index contributed by atoms with van der Waals surface area (Å²) in [6, 6.07) is 0. The molecule has 4 heteroatoms. The minimum Gasteiger partial charge on any atom is -0.392 e. The van der Waals surface area contributed by atoms with Gasteiger partial charge in [0, 0.05) is 0 Å². The molecule has 1 unspecified atom stereocenters. The molecule has 0 amide bonds. The van der Waals surface area contributed by atoms with Gasteiger partial charge in [-0.15, -0.1) is 24.2 Å². The minimum absolute atomic E-state index is 0.0629. The SMILES string of the molecule is OCC(O)(S)CCl. The van der Waals surface area contributed by atoms with E-state index < -0.39 is 11.5 Å². The molecule has 44 valence electrons. The molecule has 0 aromatic carbocycles. The number of hydrogen-bond donors (Lipinski definition) is 3. The van der Waals surface area contributed by atoms with E-state index in [1.54, 1.807) is 0 Å². The first-order chi connectivity index (χ1) is 3.12. The van der Waals surface area contributed by atoms with Crippen LogP contribution in [0.15, 0.2) is 0 Å². The van der Waals surface area contributed by atoms with E-state index in [4.69, 9.17) is 21.8 Å². The van der Waals surface area contributed by atoms with Crippen LogP contribution in [0.2, 0.25) is 0 Å². The Kier molecular flexibility index (Phi) is 2.99. The van der Waals surface area contributed by atoms with Gasteiger partial charge in [-0.1, -0.05) is 0 Å². The second-order valence-corrected chi connectivity index (χ2v) is 2.37. The van der Waals surface area contributed by atoms with Crippen molar-refractivity contribution in [3.05, 3.63) is 0 Å². The first-order valence-corrected chi connectivity index (χ1v) is 2.72. The highest BCUT2D eigenvalue weighted by molar-refractivity contribution is 7.81. The van der Waals surface area contributed by atoms with Crippen LogP contribution in [0, 0.1) is 0 Å². The summed E-state index contributed by atoms with van der Waals surface area (Å²) in [4.78, 5) is -1.40. The maximum absolute atomic E-state index is 8.61. The molecule has 0 spiro atoms. The maximum Gasteiger partial charge on any atom is 0.144 e. The second kappa shape index (κ2) is 2.77. The van der Waals surface area contributed by atoms with Crippen LogP contribution in [-0.2, 0) is 0 Å². The van der Waals surface area contributed by atoms with E-state index in [0.717, 1.165) is 0 Å². The molecule has 0 bridgehead atoms. The van der Waals surface area contributed by atoms with Crippen LogP contribution in [0.25, 0.3) is 0 Å². The quantitative estimate of drug-likeness (QED) is 0.285. The summed E-state index contributed by atoms with van der Waals surface area (Å²) in [5, 5.41) is 16.8. The Morgan fingerprint density at radius 2 is 2.14 bits per heavy atom. The van der Waals surface area contributed by atoms with Crippen molar-refractivity contribution >= 4 is 24.2 Å². The van der Waals surface area contributed by atoms with Crippen molar-refractivity contribution in [2.24, 2.45) is 0 Å². The lowest BCUT2D eigenvalue weighted by atomic mass is 10.4. The van der Waals surface area contributed by atoms with E-state index in [1.165, 1.54) is 0 Å².